The van der Waals surface area contributed by atoms with E-state index in [-0.39, 0.29) is 12.6 Å². The van der Waals surface area contributed by atoms with Gasteiger partial charge < -0.3 is 14.5 Å². The molecule has 0 radical (unpaired) electrons. The zero-order valence-corrected chi connectivity index (χ0v) is 13.9. The second-order valence-electron chi connectivity index (χ2n) is 6.00. The van der Waals surface area contributed by atoms with Crippen LogP contribution in [0.3, 0.4) is 0 Å². The second kappa shape index (κ2) is 7.00. The summed E-state index contributed by atoms with van der Waals surface area (Å²) < 4.78 is 33.2. The molecular formula is C17H18F2N4O2. The fourth-order valence-corrected chi connectivity index (χ4v) is 2.65. The molecule has 1 fully saturated rings. The maximum Gasteiger partial charge on any atom is 0.259 e. The molecule has 6 nitrogen and oxygen atoms in total. The maximum atomic E-state index is 13.8. The summed E-state index contributed by atoms with van der Waals surface area (Å²) in [6.45, 7) is 0.601. The monoisotopic (exact) mass is 348 g/mol. The summed E-state index contributed by atoms with van der Waals surface area (Å²) in [5, 5.41) is 8.00. The number of halogens is 2. The number of ether oxygens (including phenoxy) is 1. The SMILES string of the molecule is CN(C)c1ccc(OC2CCN(C(=O)c3c(F)cccc3F)C2)nn1. The van der Waals surface area contributed by atoms with Crippen molar-refractivity contribution in [2.45, 2.75) is 12.5 Å². The molecule has 1 amide bonds. The van der Waals surface area contributed by atoms with Crippen LogP contribution in [0.1, 0.15) is 16.8 Å². The van der Waals surface area contributed by atoms with Crippen molar-refractivity contribution in [3.05, 3.63) is 47.5 Å². The largest absolute Gasteiger partial charge is 0.471 e. The number of likely N-dealkylation sites (tertiary alicyclic amines) is 1. The van der Waals surface area contributed by atoms with Gasteiger partial charge in [0.05, 0.1) is 6.54 Å². The van der Waals surface area contributed by atoms with Crippen molar-refractivity contribution in [2.24, 2.45) is 0 Å². The highest BCUT2D eigenvalue weighted by Gasteiger charge is 2.31. The van der Waals surface area contributed by atoms with Gasteiger partial charge in [-0.25, -0.2) is 8.78 Å². The van der Waals surface area contributed by atoms with Gasteiger partial charge in [0.2, 0.25) is 5.88 Å². The lowest BCUT2D eigenvalue weighted by Crippen LogP contribution is -2.32. The Morgan fingerprint density at radius 2 is 1.92 bits per heavy atom. The summed E-state index contributed by atoms with van der Waals surface area (Å²) >= 11 is 0. The van der Waals surface area contributed by atoms with E-state index in [1.807, 2.05) is 19.0 Å². The van der Waals surface area contributed by atoms with E-state index in [1.54, 1.807) is 12.1 Å². The van der Waals surface area contributed by atoms with Crippen LogP contribution in [0.5, 0.6) is 5.88 Å². The molecule has 1 unspecified atom stereocenters. The van der Waals surface area contributed by atoms with E-state index in [2.05, 4.69) is 10.2 Å². The van der Waals surface area contributed by atoms with Gasteiger partial charge in [-0.1, -0.05) is 6.07 Å². The molecule has 132 valence electrons. The molecule has 0 aliphatic carbocycles. The molecule has 2 heterocycles. The van der Waals surface area contributed by atoms with E-state index in [1.165, 1.54) is 11.0 Å². The number of rotatable bonds is 4. The van der Waals surface area contributed by atoms with E-state index in [9.17, 15) is 13.6 Å². The van der Waals surface area contributed by atoms with E-state index in [0.29, 0.717) is 24.7 Å². The molecule has 1 aliphatic rings. The van der Waals surface area contributed by atoms with Crippen LogP contribution in [-0.4, -0.2) is 54.3 Å². The smallest absolute Gasteiger partial charge is 0.259 e. The van der Waals surface area contributed by atoms with Crippen molar-refractivity contribution in [2.75, 3.05) is 32.1 Å². The number of hydrogen-bond acceptors (Lipinski definition) is 5. The highest BCUT2D eigenvalue weighted by Crippen LogP contribution is 2.21. The summed E-state index contributed by atoms with van der Waals surface area (Å²) in [6, 6.07) is 6.84. The minimum atomic E-state index is -0.862. The van der Waals surface area contributed by atoms with Crippen LogP contribution in [-0.2, 0) is 0 Å². The number of nitrogens with zero attached hydrogens (tertiary/aromatic N) is 4. The van der Waals surface area contributed by atoms with Crippen molar-refractivity contribution < 1.29 is 18.3 Å². The van der Waals surface area contributed by atoms with Gasteiger partial charge in [0.15, 0.2) is 5.82 Å². The van der Waals surface area contributed by atoms with E-state index >= 15 is 0 Å². The van der Waals surface area contributed by atoms with Crippen LogP contribution in [0.25, 0.3) is 0 Å². The molecule has 2 aromatic rings. The number of aromatic nitrogens is 2. The third kappa shape index (κ3) is 3.67. The van der Waals surface area contributed by atoms with Crippen LogP contribution in [0, 0.1) is 11.6 Å². The minimum absolute atomic E-state index is 0.240. The molecule has 0 N–H and O–H groups in total. The standard InChI is InChI=1S/C17H18F2N4O2/c1-22(2)14-6-7-15(21-20-14)25-11-8-9-23(10-11)17(24)16-12(18)4-3-5-13(16)19/h3-7,11H,8-10H2,1-2H3. The summed E-state index contributed by atoms with van der Waals surface area (Å²) in [4.78, 5) is 15.6. The number of hydrogen-bond donors (Lipinski definition) is 0. The molecule has 25 heavy (non-hydrogen) atoms. The minimum Gasteiger partial charge on any atom is -0.471 e. The predicted molar refractivity (Wildman–Crippen MR) is 87.7 cm³/mol. The molecule has 8 heteroatoms. The first kappa shape index (κ1) is 17.1. The molecule has 1 aromatic carbocycles. The number of anilines is 1. The van der Waals surface area contributed by atoms with Crippen molar-refractivity contribution >= 4 is 11.7 Å². The Kier molecular flexibility index (Phi) is 4.78. The van der Waals surface area contributed by atoms with Gasteiger partial charge in [0, 0.05) is 33.1 Å². The van der Waals surface area contributed by atoms with Crippen molar-refractivity contribution in [3.63, 3.8) is 0 Å². The summed E-state index contributed by atoms with van der Waals surface area (Å²) in [5.41, 5.74) is -0.529. The highest BCUT2D eigenvalue weighted by molar-refractivity contribution is 5.95. The quantitative estimate of drug-likeness (QED) is 0.847. The Morgan fingerprint density at radius 1 is 1.20 bits per heavy atom. The molecule has 0 spiro atoms. The Hall–Kier alpha value is -2.77. The lowest BCUT2D eigenvalue weighted by atomic mass is 10.1. The van der Waals surface area contributed by atoms with Gasteiger partial charge in [-0.3, -0.25) is 4.79 Å². The lowest BCUT2D eigenvalue weighted by molar-refractivity contribution is 0.0761. The van der Waals surface area contributed by atoms with E-state index < -0.39 is 23.1 Å². The van der Waals surface area contributed by atoms with Gasteiger partial charge in [-0.15, -0.1) is 10.2 Å². The predicted octanol–water partition coefficient (Wildman–Crippen LogP) is 2.11. The van der Waals surface area contributed by atoms with Crippen molar-refractivity contribution in [1.29, 1.82) is 0 Å². The zero-order valence-electron chi connectivity index (χ0n) is 13.9. The average molecular weight is 348 g/mol. The molecule has 1 atom stereocenters. The summed E-state index contributed by atoms with van der Waals surface area (Å²) in [5.74, 6) is -1.35. The Labute approximate surface area is 144 Å². The first-order valence-corrected chi connectivity index (χ1v) is 7.86. The van der Waals surface area contributed by atoms with Crippen LogP contribution in [0.15, 0.2) is 30.3 Å². The van der Waals surface area contributed by atoms with E-state index in [0.717, 1.165) is 12.1 Å². The molecular weight excluding hydrogens is 330 g/mol. The van der Waals surface area contributed by atoms with Crippen molar-refractivity contribution in [1.82, 2.24) is 15.1 Å². The van der Waals surface area contributed by atoms with Crippen molar-refractivity contribution in [3.8, 4) is 5.88 Å². The first-order chi connectivity index (χ1) is 12.0. The topological polar surface area (TPSA) is 58.6 Å². The molecule has 1 saturated heterocycles. The first-order valence-electron chi connectivity index (χ1n) is 7.86. The number of benzene rings is 1. The third-order valence-corrected chi connectivity index (χ3v) is 3.98. The van der Waals surface area contributed by atoms with Crippen LogP contribution in [0.4, 0.5) is 14.6 Å². The highest BCUT2D eigenvalue weighted by atomic mass is 19.1. The Bertz CT molecular complexity index is 747. The molecule has 1 aromatic heterocycles. The lowest BCUT2D eigenvalue weighted by Gasteiger charge is -2.17. The fourth-order valence-electron chi connectivity index (χ4n) is 2.65. The number of carbonyl (C=O) groups excluding carboxylic acids is 1. The van der Waals surface area contributed by atoms with Gasteiger partial charge in [-0.2, -0.15) is 0 Å². The van der Waals surface area contributed by atoms with Crippen LogP contribution in [0.2, 0.25) is 0 Å². The number of amides is 1. The Morgan fingerprint density at radius 3 is 2.52 bits per heavy atom. The molecule has 0 bridgehead atoms. The fraction of sp³-hybridized carbons (Fsp3) is 0.353. The number of carbonyl (C=O) groups is 1. The van der Waals surface area contributed by atoms with Crippen LogP contribution >= 0.6 is 0 Å². The third-order valence-electron chi connectivity index (χ3n) is 3.98. The normalized spacial score (nSPS) is 16.8. The van der Waals surface area contributed by atoms with Gasteiger partial charge in [0.25, 0.3) is 5.91 Å². The van der Waals surface area contributed by atoms with Crippen LogP contribution < -0.4 is 9.64 Å². The van der Waals surface area contributed by atoms with E-state index in [4.69, 9.17) is 4.74 Å². The van der Waals surface area contributed by atoms with Gasteiger partial charge >= 0.3 is 0 Å². The second-order valence-corrected chi connectivity index (χ2v) is 6.00. The molecule has 1 aliphatic heterocycles. The maximum absolute atomic E-state index is 13.8. The van der Waals surface area contributed by atoms with Gasteiger partial charge in [0.1, 0.15) is 23.3 Å². The Balaban J connectivity index is 1.64. The average Bonchev–Trinajstić information content (AvgIpc) is 3.03. The molecule has 0 saturated carbocycles. The van der Waals surface area contributed by atoms with Gasteiger partial charge in [-0.05, 0) is 18.2 Å². The molecule has 3 rings (SSSR count). The zero-order chi connectivity index (χ0) is 18.0. The summed E-state index contributed by atoms with van der Waals surface area (Å²) in [7, 11) is 3.71. The summed E-state index contributed by atoms with van der Waals surface area (Å²) in [6.07, 6.45) is 0.261.